The molecule has 0 bridgehead atoms. The Bertz CT molecular complexity index is 291. The van der Waals surface area contributed by atoms with Crippen molar-refractivity contribution in [3.8, 4) is 0 Å². The molecule has 0 amide bonds. The van der Waals surface area contributed by atoms with E-state index in [1.165, 1.54) is 25.7 Å². The van der Waals surface area contributed by atoms with Crippen molar-refractivity contribution in [2.75, 3.05) is 12.3 Å². The summed E-state index contributed by atoms with van der Waals surface area (Å²) in [5, 5.41) is 0. The Hall–Kier alpha value is 1.15. The molecule has 3 aliphatic rings. The quantitative estimate of drug-likeness (QED) is 0.428. The second kappa shape index (κ2) is 4.58. The Balaban J connectivity index is 1.99. The van der Waals surface area contributed by atoms with Gasteiger partial charge in [0, 0.05) is 0 Å². The van der Waals surface area contributed by atoms with Crippen molar-refractivity contribution in [3.63, 3.8) is 0 Å². The molecule has 0 aromatic rings. The monoisotopic (exact) mass is 308 g/mol. The summed E-state index contributed by atoms with van der Waals surface area (Å²) in [6.07, 6.45) is 9.16. The summed E-state index contributed by atoms with van der Waals surface area (Å²) in [7, 11) is -2.35. The van der Waals surface area contributed by atoms with Gasteiger partial charge in [0.15, 0.2) is 0 Å². The average Bonchev–Trinajstić information content (AvgIpc) is 2.91. The average molecular weight is 309 g/mol. The molecule has 3 rings (SSSR count). The first-order valence-electron chi connectivity index (χ1n) is 8.10. The van der Waals surface area contributed by atoms with Gasteiger partial charge in [-0.2, -0.15) is 0 Å². The third-order valence-corrected chi connectivity index (χ3v) is 26.4. The van der Waals surface area contributed by atoms with Crippen molar-refractivity contribution in [2.45, 2.75) is 80.9 Å². The van der Waals surface area contributed by atoms with Gasteiger partial charge >= 0.3 is 119 Å². The molecule has 0 N–H and O–H groups in total. The molecular weight excluding hydrogens is 278 g/mol. The van der Waals surface area contributed by atoms with Crippen LogP contribution in [0.2, 0.25) is 0 Å². The number of hydrogen-bond acceptors (Lipinski definition) is 0. The molecule has 0 aromatic heterocycles. The van der Waals surface area contributed by atoms with Crippen LogP contribution in [0.3, 0.4) is 0 Å². The van der Waals surface area contributed by atoms with Gasteiger partial charge in [0.1, 0.15) is 0 Å². The first-order valence-corrected chi connectivity index (χ1v) is 13.4. The summed E-state index contributed by atoms with van der Waals surface area (Å²) in [6.45, 7) is 10.2. The van der Waals surface area contributed by atoms with Crippen LogP contribution in [0.1, 0.15) is 53.4 Å². The molecule has 0 aliphatic carbocycles. The van der Waals surface area contributed by atoms with Gasteiger partial charge in [-0.15, -0.1) is 0 Å². The van der Waals surface area contributed by atoms with Gasteiger partial charge in [-0.25, -0.2) is 0 Å². The van der Waals surface area contributed by atoms with Gasteiger partial charge in [-0.1, -0.05) is 0 Å². The van der Waals surface area contributed by atoms with Crippen LogP contribution in [-0.2, 0) is 0 Å². The minimum absolute atomic E-state index is 0.713. The van der Waals surface area contributed by atoms with E-state index >= 15 is 0 Å². The Morgan fingerprint density at radius 1 is 0.667 bits per heavy atom. The normalized spacial score (nSPS) is 53.1. The van der Waals surface area contributed by atoms with Gasteiger partial charge in [-0.05, 0) is 0 Å². The Morgan fingerprint density at radius 3 is 1.22 bits per heavy atom. The predicted octanol–water partition coefficient (Wildman–Crippen LogP) is 5.16. The molecule has 2 spiro atoms. The zero-order chi connectivity index (χ0) is 13.1. The zero-order valence-electron chi connectivity index (χ0n) is 12.5. The number of rotatable bonds is 0. The molecule has 3 heteroatoms. The van der Waals surface area contributed by atoms with Crippen LogP contribution in [-0.4, -0.2) is 39.8 Å². The summed E-state index contributed by atoms with van der Waals surface area (Å²) in [5.74, 6) is 0. The van der Waals surface area contributed by atoms with E-state index in [1.54, 1.807) is 12.3 Å². The molecule has 108 valence electrons. The molecular formula is C15H31ClP2. The van der Waals surface area contributed by atoms with Crippen molar-refractivity contribution in [1.29, 1.82) is 0 Å². The van der Waals surface area contributed by atoms with Crippen LogP contribution in [0.5, 0.6) is 0 Å². The molecule has 3 aliphatic heterocycles. The summed E-state index contributed by atoms with van der Waals surface area (Å²) >= 11 is 7.34. The van der Waals surface area contributed by atoms with Crippen molar-refractivity contribution < 1.29 is 0 Å². The van der Waals surface area contributed by atoms with Gasteiger partial charge in [0.2, 0.25) is 0 Å². The topological polar surface area (TPSA) is 0 Å². The van der Waals surface area contributed by atoms with Crippen molar-refractivity contribution in [1.82, 2.24) is 0 Å². The molecule has 18 heavy (non-hydrogen) atoms. The van der Waals surface area contributed by atoms with E-state index in [1.807, 2.05) is 0 Å². The molecule has 3 saturated heterocycles. The van der Waals surface area contributed by atoms with E-state index in [0.717, 1.165) is 22.6 Å². The minimum atomic E-state index is -1.17. The third kappa shape index (κ3) is 1.53. The van der Waals surface area contributed by atoms with Gasteiger partial charge in [0.25, 0.3) is 0 Å². The van der Waals surface area contributed by atoms with E-state index in [-0.39, 0.29) is 0 Å². The SMILES string of the molecule is C[C@@H]1CC[C@@H](C)[PH]12CC[PH]1(C2Cl)[C@H](C)CC[C@H]1C. The maximum absolute atomic E-state index is 7.34. The summed E-state index contributed by atoms with van der Waals surface area (Å²) in [4.78, 5) is 0.713. The fourth-order valence-corrected chi connectivity index (χ4v) is 30.4. The Labute approximate surface area is 119 Å². The van der Waals surface area contributed by atoms with Gasteiger partial charge in [-0.3, -0.25) is 0 Å². The molecule has 4 atom stereocenters. The van der Waals surface area contributed by atoms with Crippen molar-refractivity contribution >= 4 is 26.1 Å². The molecule has 0 saturated carbocycles. The van der Waals surface area contributed by atoms with Crippen molar-refractivity contribution in [3.05, 3.63) is 0 Å². The fraction of sp³-hybridized carbons (Fsp3) is 1.00. The molecule has 0 radical (unpaired) electrons. The fourth-order valence-electron chi connectivity index (χ4n) is 6.22. The van der Waals surface area contributed by atoms with E-state index < -0.39 is 14.5 Å². The Kier molecular flexibility index (Phi) is 3.59. The van der Waals surface area contributed by atoms with Crippen LogP contribution in [0.25, 0.3) is 0 Å². The van der Waals surface area contributed by atoms with E-state index in [2.05, 4.69) is 27.7 Å². The first kappa shape index (κ1) is 14.1. The van der Waals surface area contributed by atoms with Crippen LogP contribution in [0.4, 0.5) is 0 Å². The van der Waals surface area contributed by atoms with E-state index in [0.29, 0.717) is 4.86 Å². The van der Waals surface area contributed by atoms with E-state index in [4.69, 9.17) is 11.6 Å². The number of alkyl halides is 1. The van der Waals surface area contributed by atoms with Crippen LogP contribution in [0.15, 0.2) is 0 Å². The van der Waals surface area contributed by atoms with Gasteiger partial charge in [0.05, 0.1) is 0 Å². The van der Waals surface area contributed by atoms with Crippen LogP contribution < -0.4 is 0 Å². The maximum atomic E-state index is 7.34. The standard InChI is InChI=1S/C15H31ClP2/c1-11-5-6-12(2)17(11)9-10-18(15(17)16)13(3)7-8-14(18)4/h11-15,17-18H,5-10H2,1-4H3/t11-,12-,13-,14-/m1/s1. The second-order valence-electron chi connectivity index (χ2n) is 7.85. The molecule has 0 aromatic carbocycles. The zero-order valence-corrected chi connectivity index (χ0v) is 15.3. The Morgan fingerprint density at radius 2 is 0.944 bits per heavy atom. The first-order chi connectivity index (χ1) is 8.46. The molecule has 0 nitrogen and oxygen atoms in total. The summed E-state index contributed by atoms with van der Waals surface area (Å²) in [6, 6.07) is 0. The number of halogens is 1. The molecule has 3 fully saturated rings. The second-order valence-corrected chi connectivity index (χ2v) is 20.1. The summed E-state index contributed by atoms with van der Waals surface area (Å²) < 4.78 is 0. The number of hydrogen-bond donors (Lipinski definition) is 0. The predicted molar refractivity (Wildman–Crippen MR) is 92.3 cm³/mol. The van der Waals surface area contributed by atoms with Crippen LogP contribution in [0, 0.1) is 0 Å². The van der Waals surface area contributed by atoms with Gasteiger partial charge < -0.3 is 0 Å². The van der Waals surface area contributed by atoms with Crippen LogP contribution >= 0.6 is 26.1 Å². The third-order valence-electron chi connectivity index (χ3n) is 7.67. The summed E-state index contributed by atoms with van der Waals surface area (Å²) in [5.41, 5.74) is 4.06. The molecule has 0 unspecified atom stereocenters. The van der Waals surface area contributed by atoms with E-state index in [9.17, 15) is 0 Å². The molecule has 3 heterocycles. The van der Waals surface area contributed by atoms with Crippen molar-refractivity contribution in [2.24, 2.45) is 0 Å².